The third kappa shape index (κ3) is 1.97. The van der Waals surface area contributed by atoms with Crippen LogP contribution in [-0.4, -0.2) is 23.1 Å². The van der Waals surface area contributed by atoms with Crippen LogP contribution >= 0.6 is 15.9 Å². The van der Waals surface area contributed by atoms with Crippen LogP contribution in [0.15, 0.2) is 10.7 Å². The maximum atomic E-state index is 4.33. The fraction of sp³-hybridized carbons (Fsp3) is 0.556. The van der Waals surface area contributed by atoms with Gasteiger partial charge in [-0.3, -0.25) is 0 Å². The lowest BCUT2D eigenvalue weighted by Crippen LogP contribution is -2.08. The van der Waals surface area contributed by atoms with Crippen molar-refractivity contribution in [1.82, 2.24) is 9.97 Å². The van der Waals surface area contributed by atoms with Gasteiger partial charge in [0.15, 0.2) is 0 Å². The van der Waals surface area contributed by atoms with Crippen molar-refractivity contribution in [2.45, 2.75) is 19.4 Å². The summed E-state index contributed by atoms with van der Waals surface area (Å²) in [7, 11) is 1.81. The normalized spacial score (nSPS) is 24.5. The molecule has 1 aliphatic carbocycles. The highest BCUT2D eigenvalue weighted by Crippen LogP contribution is 2.34. The number of nitrogens with one attached hydrogen (secondary N) is 2. The molecule has 76 valence electrons. The van der Waals surface area contributed by atoms with Crippen molar-refractivity contribution in [3.63, 3.8) is 0 Å². The predicted octanol–water partition coefficient (Wildman–Crippen LogP) is 2.10. The molecule has 4 nitrogen and oxygen atoms in total. The molecule has 1 aromatic rings. The maximum absolute atomic E-state index is 4.33. The maximum Gasteiger partial charge on any atom is 0.224 e. The molecule has 2 rings (SSSR count). The highest BCUT2D eigenvalue weighted by atomic mass is 79.9. The lowest BCUT2D eigenvalue weighted by atomic mass is 10.4. The van der Waals surface area contributed by atoms with Crippen molar-refractivity contribution in [3.8, 4) is 0 Å². The molecule has 14 heavy (non-hydrogen) atoms. The molecule has 1 heterocycles. The van der Waals surface area contributed by atoms with Crippen molar-refractivity contribution in [1.29, 1.82) is 0 Å². The van der Waals surface area contributed by atoms with Crippen molar-refractivity contribution in [2.24, 2.45) is 5.92 Å². The number of hydrogen-bond acceptors (Lipinski definition) is 4. The Morgan fingerprint density at radius 2 is 2.29 bits per heavy atom. The highest BCUT2D eigenvalue weighted by Gasteiger charge is 2.33. The first-order chi connectivity index (χ1) is 6.70. The average Bonchev–Trinajstić information content (AvgIpc) is 2.86. The quantitative estimate of drug-likeness (QED) is 0.870. The summed E-state index contributed by atoms with van der Waals surface area (Å²) in [5, 5.41) is 6.29. The highest BCUT2D eigenvalue weighted by molar-refractivity contribution is 9.10. The molecular weight excluding hydrogens is 244 g/mol. The number of rotatable bonds is 3. The second kappa shape index (κ2) is 3.73. The van der Waals surface area contributed by atoms with E-state index >= 15 is 0 Å². The van der Waals surface area contributed by atoms with Crippen LogP contribution < -0.4 is 10.6 Å². The van der Waals surface area contributed by atoms with Gasteiger partial charge >= 0.3 is 0 Å². The van der Waals surface area contributed by atoms with E-state index in [1.54, 1.807) is 6.20 Å². The van der Waals surface area contributed by atoms with Gasteiger partial charge in [-0.15, -0.1) is 0 Å². The third-order valence-corrected chi connectivity index (χ3v) is 2.98. The van der Waals surface area contributed by atoms with E-state index in [0.29, 0.717) is 12.0 Å². The third-order valence-electron chi connectivity index (χ3n) is 2.40. The molecule has 0 amide bonds. The first-order valence-corrected chi connectivity index (χ1v) is 5.47. The van der Waals surface area contributed by atoms with Gasteiger partial charge in [-0.25, -0.2) is 4.98 Å². The minimum absolute atomic E-state index is 0.575. The number of anilines is 2. The molecule has 0 bridgehead atoms. The van der Waals surface area contributed by atoms with Crippen molar-refractivity contribution >= 4 is 27.7 Å². The van der Waals surface area contributed by atoms with Gasteiger partial charge in [0, 0.05) is 19.3 Å². The predicted molar refractivity (Wildman–Crippen MR) is 60.5 cm³/mol. The Morgan fingerprint density at radius 1 is 1.57 bits per heavy atom. The smallest absolute Gasteiger partial charge is 0.224 e. The van der Waals surface area contributed by atoms with E-state index in [2.05, 4.69) is 43.5 Å². The monoisotopic (exact) mass is 256 g/mol. The van der Waals surface area contributed by atoms with Crippen molar-refractivity contribution in [2.75, 3.05) is 17.7 Å². The zero-order valence-electron chi connectivity index (χ0n) is 8.21. The van der Waals surface area contributed by atoms with Crippen LogP contribution in [-0.2, 0) is 0 Å². The number of halogens is 1. The number of nitrogens with zero attached hydrogens (tertiary/aromatic N) is 2. The summed E-state index contributed by atoms with van der Waals surface area (Å²) < 4.78 is 0.913. The van der Waals surface area contributed by atoms with E-state index in [1.807, 2.05) is 7.05 Å². The molecule has 1 aromatic heterocycles. The molecule has 2 N–H and O–H groups in total. The van der Waals surface area contributed by atoms with E-state index in [0.717, 1.165) is 16.2 Å². The minimum Gasteiger partial charge on any atom is -0.366 e. The second-order valence-electron chi connectivity index (χ2n) is 3.60. The van der Waals surface area contributed by atoms with Gasteiger partial charge in [-0.2, -0.15) is 4.98 Å². The standard InChI is InChI=1S/C9H13BrN4/c1-5-3-7(5)13-8-6(10)4-12-9(11-2)14-8/h4-5,7H,3H2,1-2H3,(H2,11,12,13,14). The van der Waals surface area contributed by atoms with Crippen LogP contribution in [0.1, 0.15) is 13.3 Å². The Bertz CT molecular complexity index is 342. The Balaban J connectivity index is 2.14. The Hall–Kier alpha value is -0.840. The van der Waals surface area contributed by atoms with Crippen LogP contribution in [0, 0.1) is 5.92 Å². The van der Waals surface area contributed by atoms with Gasteiger partial charge in [0.2, 0.25) is 5.95 Å². The van der Waals surface area contributed by atoms with E-state index in [-0.39, 0.29) is 0 Å². The van der Waals surface area contributed by atoms with E-state index < -0.39 is 0 Å². The largest absolute Gasteiger partial charge is 0.366 e. The fourth-order valence-electron chi connectivity index (χ4n) is 1.29. The van der Waals surface area contributed by atoms with Gasteiger partial charge in [0.25, 0.3) is 0 Å². The molecule has 0 aromatic carbocycles. The van der Waals surface area contributed by atoms with Crippen LogP contribution in [0.3, 0.4) is 0 Å². The molecule has 1 saturated carbocycles. The van der Waals surface area contributed by atoms with E-state index in [4.69, 9.17) is 0 Å². The Morgan fingerprint density at radius 3 is 2.86 bits per heavy atom. The van der Waals surface area contributed by atoms with Crippen LogP contribution in [0.2, 0.25) is 0 Å². The zero-order chi connectivity index (χ0) is 10.1. The molecule has 0 aliphatic heterocycles. The van der Waals surface area contributed by atoms with Crippen molar-refractivity contribution < 1.29 is 0 Å². The van der Waals surface area contributed by atoms with Crippen molar-refractivity contribution in [3.05, 3.63) is 10.7 Å². The summed E-state index contributed by atoms with van der Waals surface area (Å²) in [5.41, 5.74) is 0. The first-order valence-electron chi connectivity index (χ1n) is 4.67. The summed E-state index contributed by atoms with van der Waals surface area (Å²) in [5.74, 6) is 2.28. The summed E-state index contributed by atoms with van der Waals surface area (Å²) in [6.45, 7) is 2.23. The molecule has 1 fully saturated rings. The van der Waals surface area contributed by atoms with Gasteiger partial charge in [0.1, 0.15) is 5.82 Å². The van der Waals surface area contributed by atoms with Crippen LogP contribution in [0.5, 0.6) is 0 Å². The minimum atomic E-state index is 0.575. The molecule has 0 radical (unpaired) electrons. The van der Waals surface area contributed by atoms with Gasteiger partial charge in [0.05, 0.1) is 4.47 Å². The van der Waals surface area contributed by atoms with Gasteiger partial charge < -0.3 is 10.6 Å². The summed E-state index contributed by atoms with van der Waals surface area (Å²) in [4.78, 5) is 8.42. The Labute approximate surface area is 91.7 Å². The van der Waals surface area contributed by atoms with Gasteiger partial charge in [-0.05, 0) is 28.3 Å². The molecule has 2 atom stereocenters. The first kappa shape index (κ1) is 9.71. The molecule has 1 aliphatic rings. The lowest BCUT2D eigenvalue weighted by molar-refractivity contribution is 0.920. The van der Waals surface area contributed by atoms with E-state index in [9.17, 15) is 0 Å². The number of hydrogen-bond donors (Lipinski definition) is 2. The molecule has 2 unspecified atom stereocenters. The Kier molecular flexibility index (Phi) is 2.58. The molecule has 0 saturated heterocycles. The lowest BCUT2D eigenvalue weighted by Gasteiger charge is -2.07. The molecule has 5 heteroatoms. The zero-order valence-corrected chi connectivity index (χ0v) is 9.80. The van der Waals surface area contributed by atoms with Crippen LogP contribution in [0.25, 0.3) is 0 Å². The fourth-order valence-corrected chi connectivity index (χ4v) is 1.59. The average molecular weight is 257 g/mol. The SMILES string of the molecule is CNc1ncc(Br)c(NC2CC2C)n1. The van der Waals surface area contributed by atoms with Gasteiger partial charge in [-0.1, -0.05) is 6.92 Å². The molecule has 0 spiro atoms. The summed E-state index contributed by atoms with van der Waals surface area (Å²) in [6.07, 6.45) is 2.99. The number of aromatic nitrogens is 2. The van der Waals surface area contributed by atoms with Crippen LogP contribution in [0.4, 0.5) is 11.8 Å². The van der Waals surface area contributed by atoms with E-state index in [1.165, 1.54) is 6.42 Å². The summed E-state index contributed by atoms with van der Waals surface area (Å²) in [6, 6.07) is 0.575. The molecular formula is C9H13BrN4. The second-order valence-corrected chi connectivity index (χ2v) is 4.46. The topological polar surface area (TPSA) is 49.8 Å². The summed E-state index contributed by atoms with van der Waals surface area (Å²) >= 11 is 3.42.